The molecule has 144 valence electrons. The molecule has 0 radical (unpaired) electrons. The molecule has 5 nitrogen and oxygen atoms in total. The zero-order valence-electron chi connectivity index (χ0n) is 16.0. The molecule has 0 unspecified atom stereocenters. The average Bonchev–Trinajstić information content (AvgIpc) is 3.36. The van der Waals surface area contributed by atoms with Crippen molar-refractivity contribution in [3.63, 3.8) is 0 Å². The van der Waals surface area contributed by atoms with E-state index in [0.717, 1.165) is 36.1 Å². The Morgan fingerprint density at radius 2 is 1.93 bits per heavy atom. The third-order valence-electron chi connectivity index (χ3n) is 6.82. The number of hydrogen-bond acceptors (Lipinski definition) is 4. The summed E-state index contributed by atoms with van der Waals surface area (Å²) in [5.41, 5.74) is 1.71. The van der Waals surface area contributed by atoms with Crippen LogP contribution in [0, 0.1) is 11.8 Å². The minimum atomic E-state index is -0.569. The molecule has 5 rings (SSSR count). The van der Waals surface area contributed by atoms with Crippen LogP contribution in [0.4, 0.5) is 5.69 Å². The topological polar surface area (TPSA) is 55.8 Å². The number of rotatable bonds is 4. The molecule has 3 heterocycles. The first-order chi connectivity index (χ1) is 13.6. The molecular formula is C23H23NO4. The van der Waals surface area contributed by atoms with E-state index in [-0.39, 0.29) is 29.9 Å². The maximum Gasteiger partial charge on any atom is 0.234 e. The van der Waals surface area contributed by atoms with Crippen molar-refractivity contribution in [2.45, 2.75) is 37.5 Å². The van der Waals surface area contributed by atoms with Crippen LogP contribution in [0.15, 0.2) is 48.5 Å². The average molecular weight is 377 g/mol. The standard InChI is InChI=1S/C23H23NO4/c1-14-19-11-12-23(28-19)20(14)22(26)24(16-7-9-17(27-2)10-8-16)21(23)18-6-4-3-5-15(18)13-25/h3-10,13-14,19-21H,11-12H2,1-2H3/t14-,19+,20-,21+,23-/m1/s1. The van der Waals surface area contributed by atoms with E-state index in [0.29, 0.717) is 5.56 Å². The molecule has 3 fully saturated rings. The summed E-state index contributed by atoms with van der Waals surface area (Å²) in [5.74, 6) is 0.822. The number of carbonyl (C=O) groups excluding carboxylic acids is 2. The van der Waals surface area contributed by atoms with Crippen molar-refractivity contribution >= 4 is 17.9 Å². The van der Waals surface area contributed by atoms with Crippen LogP contribution in [0.5, 0.6) is 5.75 Å². The fourth-order valence-corrected chi connectivity index (χ4v) is 5.62. The number of hydrogen-bond donors (Lipinski definition) is 0. The first-order valence-corrected chi connectivity index (χ1v) is 9.80. The van der Waals surface area contributed by atoms with E-state index in [9.17, 15) is 9.59 Å². The van der Waals surface area contributed by atoms with Crippen LogP contribution in [0.1, 0.15) is 41.7 Å². The molecule has 0 saturated carbocycles. The molecule has 5 atom stereocenters. The molecule has 2 aromatic rings. The minimum Gasteiger partial charge on any atom is -0.497 e. The molecular weight excluding hydrogens is 354 g/mol. The molecule has 3 aliphatic rings. The van der Waals surface area contributed by atoms with Crippen molar-refractivity contribution in [1.82, 2.24) is 0 Å². The van der Waals surface area contributed by atoms with Gasteiger partial charge in [0.15, 0.2) is 0 Å². The van der Waals surface area contributed by atoms with Gasteiger partial charge >= 0.3 is 0 Å². The quantitative estimate of drug-likeness (QED) is 0.761. The van der Waals surface area contributed by atoms with E-state index in [1.165, 1.54) is 0 Å². The van der Waals surface area contributed by atoms with E-state index in [4.69, 9.17) is 9.47 Å². The van der Waals surface area contributed by atoms with E-state index in [2.05, 4.69) is 6.92 Å². The van der Waals surface area contributed by atoms with Crippen LogP contribution in [0.2, 0.25) is 0 Å². The molecule has 0 aliphatic carbocycles. The van der Waals surface area contributed by atoms with Crippen molar-refractivity contribution < 1.29 is 19.1 Å². The zero-order chi connectivity index (χ0) is 19.5. The molecule has 0 N–H and O–H groups in total. The Balaban J connectivity index is 1.70. The number of ether oxygens (including phenoxy) is 2. The lowest BCUT2D eigenvalue weighted by atomic mass is 9.70. The number of benzene rings is 2. The second kappa shape index (κ2) is 6.17. The fourth-order valence-electron chi connectivity index (χ4n) is 5.62. The third-order valence-corrected chi connectivity index (χ3v) is 6.82. The predicted molar refractivity (Wildman–Crippen MR) is 105 cm³/mol. The van der Waals surface area contributed by atoms with Crippen LogP contribution in [0.25, 0.3) is 0 Å². The van der Waals surface area contributed by atoms with Crippen LogP contribution in [0.3, 0.4) is 0 Å². The first-order valence-electron chi connectivity index (χ1n) is 9.80. The highest BCUT2D eigenvalue weighted by molar-refractivity contribution is 6.01. The number of fused-ring (bicyclic) bond motifs is 1. The number of amides is 1. The van der Waals surface area contributed by atoms with Crippen molar-refractivity contribution in [3.8, 4) is 5.75 Å². The lowest BCUT2D eigenvalue weighted by molar-refractivity contribution is -0.123. The monoisotopic (exact) mass is 377 g/mol. The Morgan fingerprint density at radius 3 is 2.64 bits per heavy atom. The summed E-state index contributed by atoms with van der Waals surface area (Å²) in [6, 6.07) is 14.8. The Labute approximate surface area is 164 Å². The Hall–Kier alpha value is -2.66. The van der Waals surface area contributed by atoms with Gasteiger partial charge in [0.25, 0.3) is 0 Å². The highest BCUT2D eigenvalue weighted by atomic mass is 16.5. The van der Waals surface area contributed by atoms with Crippen LogP contribution in [-0.2, 0) is 9.53 Å². The van der Waals surface area contributed by atoms with Crippen molar-refractivity contribution in [1.29, 1.82) is 0 Å². The smallest absolute Gasteiger partial charge is 0.234 e. The summed E-state index contributed by atoms with van der Waals surface area (Å²) in [7, 11) is 1.62. The predicted octanol–water partition coefficient (Wildman–Crippen LogP) is 3.78. The van der Waals surface area contributed by atoms with Gasteiger partial charge in [0.2, 0.25) is 5.91 Å². The third kappa shape index (κ3) is 2.17. The van der Waals surface area contributed by atoms with Gasteiger partial charge in [-0.25, -0.2) is 0 Å². The molecule has 2 aromatic carbocycles. The lowest BCUT2D eigenvalue weighted by Gasteiger charge is -2.35. The first kappa shape index (κ1) is 17.4. The van der Waals surface area contributed by atoms with Gasteiger partial charge in [-0.15, -0.1) is 0 Å². The summed E-state index contributed by atoms with van der Waals surface area (Å²) in [6.07, 6.45) is 2.79. The van der Waals surface area contributed by atoms with E-state index in [1.807, 2.05) is 53.4 Å². The van der Waals surface area contributed by atoms with Crippen LogP contribution < -0.4 is 9.64 Å². The lowest BCUT2D eigenvalue weighted by Crippen LogP contribution is -2.39. The van der Waals surface area contributed by atoms with Crippen LogP contribution >= 0.6 is 0 Å². The van der Waals surface area contributed by atoms with Gasteiger partial charge in [0, 0.05) is 11.3 Å². The van der Waals surface area contributed by atoms with Gasteiger partial charge in [-0.05, 0) is 48.6 Å². The van der Waals surface area contributed by atoms with Crippen molar-refractivity contribution in [3.05, 3.63) is 59.7 Å². The summed E-state index contributed by atoms with van der Waals surface area (Å²) < 4.78 is 11.8. The van der Waals surface area contributed by atoms with E-state index >= 15 is 0 Å². The number of aldehydes is 1. The minimum absolute atomic E-state index is 0.0885. The van der Waals surface area contributed by atoms with Gasteiger partial charge < -0.3 is 14.4 Å². The van der Waals surface area contributed by atoms with Gasteiger partial charge in [-0.2, -0.15) is 0 Å². The Morgan fingerprint density at radius 1 is 1.18 bits per heavy atom. The number of nitrogens with zero attached hydrogens (tertiary/aromatic N) is 1. The largest absolute Gasteiger partial charge is 0.497 e. The van der Waals surface area contributed by atoms with Gasteiger partial charge in [-0.1, -0.05) is 31.2 Å². The summed E-state index contributed by atoms with van der Waals surface area (Å²) in [5, 5.41) is 0. The molecule has 3 aliphatic heterocycles. The molecule has 3 saturated heterocycles. The van der Waals surface area contributed by atoms with Gasteiger partial charge in [-0.3, -0.25) is 9.59 Å². The van der Waals surface area contributed by atoms with E-state index < -0.39 is 5.60 Å². The molecule has 1 spiro atoms. The molecule has 2 bridgehead atoms. The van der Waals surface area contributed by atoms with Gasteiger partial charge in [0.1, 0.15) is 17.6 Å². The second-order valence-corrected chi connectivity index (χ2v) is 8.04. The SMILES string of the molecule is COc1ccc(N2C(=O)[C@H]3[C@H](C)[C@@H]4CC[C@]3(O4)[C@@H]2c2ccccc2C=O)cc1. The Bertz CT molecular complexity index is 940. The van der Waals surface area contributed by atoms with Gasteiger partial charge in [0.05, 0.1) is 25.2 Å². The normalized spacial score (nSPS) is 33.2. The number of anilines is 1. The highest BCUT2D eigenvalue weighted by Crippen LogP contribution is 2.63. The maximum atomic E-state index is 13.6. The molecule has 0 aromatic heterocycles. The molecule has 28 heavy (non-hydrogen) atoms. The van der Waals surface area contributed by atoms with E-state index in [1.54, 1.807) is 7.11 Å². The summed E-state index contributed by atoms with van der Waals surface area (Å²) in [4.78, 5) is 27.3. The zero-order valence-corrected chi connectivity index (χ0v) is 16.0. The summed E-state index contributed by atoms with van der Waals surface area (Å²) >= 11 is 0. The van der Waals surface area contributed by atoms with Crippen LogP contribution in [-0.4, -0.2) is 31.0 Å². The summed E-state index contributed by atoms with van der Waals surface area (Å²) in [6.45, 7) is 2.12. The number of methoxy groups -OCH3 is 1. The molecule has 5 heteroatoms. The molecule has 1 amide bonds. The fraction of sp³-hybridized carbons (Fsp3) is 0.391. The second-order valence-electron chi connectivity index (χ2n) is 8.04. The Kier molecular flexibility index (Phi) is 3.85. The van der Waals surface area contributed by atoms with Crippen molar-refractivity contribution in [2.24, 2.45) is 11.8 Å². The van der Waals surface area contributed by atoms with Crippen molar-refractivity contribution in [2.75, 3.05) is 12.0 Å². The highest BCUT2D eigenvalue weighted by Gasteiger charge is 2.71. The maximum absolute atomic E-state index is 13.6. The number of carbonyl (C=O) groups is 2.